The number of benzene rings is 1. The molecule has 0 amide bonds. The van der Waals surface area contributed by atoms with Crippen LogP contribution in [0.25, 0.3) is 0 Å². The van der Waals surface area contributed by atoms with E-state index in [1.807, 2.05) is 0 Å². The van der Waals surface area contributed by atoms with Gasteiger partial charge >= 0.3 is 0 Å². The molecule has 84 valence electrons. The Bertz CT molecular complexity index is 302. The number of thioether (sulfide) groups is 1. The molecule has 2 nitrogen and oxygen atoms in total. The quantitative estimate of drug-likeness (QED) is 0.728. The lowest BCUT2D eigenvalue weighted by Gasteiger charge is -2.08. The summed E-state index contributed by atoms with van der Waals surface area (Å²) >= 11 is 1.70. The maximum Gasteiger partial charge on any atom is 0.0525 e. The third-order valence-corrected chi connectivity index (χ3v) is 3.21. The highest BCUT2D eigenvalue weighted by molar-refractivity contribution is 7.99. The van der Waals surface area contributed by atoms with Crippen LogP contribution in [0.4, 0.5) is 0 Å². The fourth-order valence-corrected chi connectivity index (χ4v) is 2.13. The SMILES string of the molecule is CCNCc1ccc(SCCO)cc1C. The van der Waals surface area contributed by atoms with Gasteiger partial charge in [-0.1, -0.05) is 13.0 Å². The van der Waals surface area contributed by atoms with Crippen LogP contribution in [0.5, 0.6) is 0 Å². The lowest BCUT2D eigenvalue weighted by atomic mass is 10.1. The number of aryl methyl sites for hydroxylation is 1. The summed E-state index contributed by atoms with van der Waals surface area (Å²) in [6, 6.07) is 6.48. The molecule has 0 atom stereocenters. The number of hydrogen-bond acceptors (Lipinski definition) is 3. The standard InChI is InChI=1S/C12H19NOS/c1-3-13-9-11-4-5-12(8-10(11)2)15-7-6-14/h4-5,8,13-14H,3,6-7,9H2,1-2H3. The minimum atomic E-state index is 0.239. The van der Waals surface area contributed by atoms with Crippen LogP contribution >= 0.6 is 11.8 Å². The molecular formula is C12H19NOS. The van der Waals surface area contributed by atoms with Crippen LogP contribution in [0.1, 0.15) is 18.1 Å². The van der Waals surface area contributed by atoms with E-state index in [1.165, 1.54) is 16.0 Å². The predicted molar refractivity (Wildman–Crippen MR) is 66.4 cm³/mol. The zero-order valence-corrected chi connectivity index (χ0v) is 10.2. The molecule has 0 fully saturated rings. The summed E-state index contributed by atoms with van der Waals surface area (Å²) in [7, 11) is 0. The Kier molecular flexibility index (Phi) is 5.76. The molecule has 0 spiro atoms. The van der Waals surface area contributed by atoms with Crippen molar-refractivity contribution in [2.45, 2.75) is 25.3 Å². The third-order valence-electron chi connectivity index (χ3n) is 2.24. The van der Waals surface area contributed by atoms with Gasteiger partial charge in [0.2, 0.25) is 0 Å². The molecule has 15 heavy (non-hydrogen) atoms. The fourth-order valence-electron chi connectivity index (χ4n) is 1.38. The molecule has 3 heteroatoms. The van der Waals surface area contributed by atoms with Crippen molar-refractivity contribution in [3.8, 4) is 0 Å². The lowest BCUT2D eigenvalue weighted by molar-refractivity contribution is 0.322. The normalized spacial score (nSPS) is 10.6. The van der Waals surface area contributed by atoms with E-state index in [2.05, 4.69) is 37.4 Å². The summed E-state index contributed by atoms with van der Waals surface area (Å²) in [5, 5.41) is 12.1. The molecular weight excluding hydrogens is 206 g/mol. The first-order valence-corrected chi connectivity index (χ1v) is 6.30. The molecule has 0 radical (unpaired) electrons. The first kappa shape index (κ1) is 12.6. The minimum absolute atomic E-state index is 0.239. The smallest absolute Gasteiger partial charge is 0.0525 e. The largest absolute Gasteiger partial charge is 0.396 e. The fraction of sp³-hybridized carbons (Fsp3) is 0.500. The second-order valence-corrected chi connectivity index (χ2v) is 4.61. The van der Waals surface area contributed by atoms with E-state index in [9.17, 15) is 0 Å². The highest BCUT2D eigenvalue weighted by Crippen LogP contribution is 2.20. The van der Waals surface area contributed by atoms with Crippen LogP contribution < -0.4 is 5.32 Å². The molecule has 0 aromatic heterocycles. The van der Waals surface area contributed by atoms with Crippen LogP contribution in [0.3, 0.4) is 0 Å². The van der Waals surface area contributed by atoms with Crippen molar-refractivity contribution in [1.29, 1.82) is 0 Å². The molecule has 0 saturated heterocycles. The number of aliphatic hydroxyl groups excluding tert-OH is 1. The van der Waals surface area contributed by atoms with Crippen LogP contribution in [-0.2, 0) is 6.54 Å². The molecule has 0 unspecified atom stereocenters. The van der Waals surface area contributed by atoms with Crippen LogP contribution in [0, 0.1) is 6.92 Å². The topological polar surface area (TPSA) is 32.3 Å². The average Bonchev–Trinajstić information content (AvgIpc) is 2.25. The lowest BCUT2D eigenvalue weighted by Crippen LogP contribution is -2.12. The highest BCUT2D eigenvalue weighted by Gasteiger charge is 1.99. The van der Waals surface area contributed by atoms with Crippen molar-refractivity contribution < 1.29 is 5.11 Å². The summed E-state index contributed by atoms with van der Waals surface area (Å²) in [5.74, 6) is 0.770. The van der Waals surface area contributed by atoms with Gasteiger partial charge in [0.05, 0.1) is 6.61 Å². The molecule has 0 aliphatic heterocycles. The summed E-state index contributed by atoms with van der Waals surface area (Å²) in [5.41, 5.74) is 2.67. The Morgan fingerprint density at radius 2 is 2.20 bits per heavy atom. The minimum Gasteiger partial charge on any atom is -0.396 e. The van der Waals surface area contributed by atoms with Crippen molar-refractivity contribution in [2.24, 2.45) is 0 Å². The van der Waals surface area contributed by atoms with E-state index in [0.717, 1.165) is 18.8 Å². The summed E-state index contributed by atoms with van der Waals surface area (Å²) < 4.78 is 0. The van der Waals surface area contributed by atoms with Crippen LogP contribution in [0.2, 0.25) is 0 Å². The molecule has 0 heterocycles. The summed E-state index contributed by atoms with van der Waals surface area (Å²) in [4.78, 5) is 1.24. The molecule has 0 saturated carbocycles. The van der Waals surface area contributed by atoms with Gasteiger partial charge < -0.3 is 10.4 Å². The maximum absolute atomic E-state index is 8.74. The van der Waals surface area contributed by atoms with Gasteiger partial charge in [-0.3, -0.25) is 0 Å². The van der Waals surface area contributed by atoms with Crippen LogP contribution in [-0.4, -0.2) is 24.0 Å². The zero-order chi connectivity index (χ0) is 11.1. The second kappa shape index (κ2) is 6.88. The van der Waals surface area contributed by atoms with Gasteiger partial charge in [0.15, 0.2) is 0 Å². The summed E-state index contributed by atoms with van der Waals surface area (Å²) in [6.07, 6.45) is 0. The van der Waals surface area contributed by atoms with Gasteiger partial charge in [0, 0.05) is 17.2 Å². The van der Waals surface area contributed by atoms with Crippen molar-refractivity contribution in [3.63, 3.8) is 0 Å². The highest BCUT2D eigenvalue weighted by atomic mass is 32.2. The van der Waals surface area contributed by atoms with Gasteiger partial charge in [0.1, 0.15) is 0 Å². The Labute approximate surface area is 96.1 Å². The van der Waals surface area contributed by atoms with Gasteiger partial charge in [-0.05, 0) is 36.7 Å². The molecule has 0 aliphatic carbocycles. The molecule has 1 aromatic carbocycles. The van der Waals surface area contributed by atoms with Crippen molar-refractivity contribution >= 4 is 11.8 Å². The van der Waals surface area contributed by atoms with E-state index in [0.29, 0.717) is 0 Å². The first-order valence-electron chi connectivity index (χ1n) is 5.31. The predicted octanol–water partition coefficient (Wildman–Crippen LogP) is 2.19. The van der Waals surface area contributed by atoms with Crippen molar-refractivity contribution in [1.82, 2.24) is 5.32 Å². The number of rotatable bonds is 6. The Hall–Kier alpha value is -0.510. The Morgan fingerprint density at radius 1 is 1.40 bits per heavy atom. The van der Waals surface area contributed by atoms with Crippen molar-refractivity contribution in [2.75, 3.05) is 18.9 Å². The molecule has 0 aliphatic rings. The number of aliphatic hydroxyl groups is 1. The van der Waals surface area contributed by atoms with Gasteiger partial charge in [-0.25, -0.2) is 0 Å². The zero-order valence-electron chi connectivity index (χ0n) is 9.42. The van der Waals surface area contributed by atoms with E-state index >= 15 is 0 Å². The van der Waals surface area contributed by atoms with E-state index in [1.54, 1.807) is 11.8 Å². The van der Waals surface area contributed by atoms with Gasteiger partial charge in [-0.15, -0.1) is 11.8 Å². The molecule has 1 rings (SSSR count). The average molecular weight is 225 g/mol. The number of nitrogens with one attached hydrogen (secondary N) is 1. The molecule has 1 aromatic rings. The van der Waals surface area contributed by atoms with Gasteiger partial charge in [-0.2, -0.15) is 0 Å². The summed E-state index contributed by atoms with van der Waals surface area (Å²) in [6.45, 7) is 6.42. The van der Waals surface area contributed by atoms with E-state index in [-0.39, 0.29) is 6.61 Å². The first-order chi connectivity index (χ1) is 7.27. The molecule has 2 N–H and O–H groups in total. The Morgan fingerprint density at radius 3 is 2.80 bits per heavy atom. The second-order valence-electron chi connectivity index (χ2n) is 3.44. The van der Waals surface area contributed by atoms with Crippen LogP contribution in [0.15, 0.2) is 23.1 Å². The van der Waals surface area contributed by atoms with Crippen molar-refractivity contribution in [3.05, 3.63) is 29.3 Å². The monoisotopic (exact) mass is 225 g/mol. The van der Waals surface area contributed by atoms with Gasteiger partial charge in [0.25, 0.3) is 0 Å². The maximum atomic E-state index is 8.74. The van der Waals surface area contributed by atoms with E-state index in [4.69, 9.17) is 5.11 Å². The Balaban J connectivity index is 2.61. The third kappa shape index (κ3) is 4.24. The molecule has 0 bridgehead atoms. The van der Waals surface area contributed by atoms with E-state index < -0.39 is 0 Å². The number of hydrogen-bond donors (Lipinski definition) is 2.